The van der Waals surface area contributed by atoms with Crippen LogP contribution >= 0.6 is 39.1 Å². The van der Waals surface area contributed by atoms with Gasteiger partial charge in [0, 0.05) is 31.1 Å². The Bertz CT molecular complexity index is 938. The Morgan fingerprint density at radius 3 is 2.61 bits per heavy atom. The topological polar surface area (TPSA) is 58.6 Å². The average Bonchev–Trinajstić information content (AvgIpc) is 2.58. The quantitative estimate of drug-likeness (QED) is 0.399. The largest absolute Gasteiger partial charge is 0.444 e. The second kappa shape index (κ2) is 7.80. The molecule has 0 spiro atoms. The minimum Gasteiger partial charge on any atom is -0.444 e. The number of piperazine rings is 1. The van der Waals surface area contributed by atoms with E-state index in [2.05, 4.69) is 25.9 Å². The lowest BCUT2D eigenvalue weighted by atomic mass is 10.1. The van der Waals surface area contributed by atoms with Crippen LogP contribution in [0.15, 0.2) is 10.5 Å². The molecule has 0 aliphatic carbocycles. The van der Waals surface area contributed by atoms with E-state index in [9.17, 15) is 9.18 Å². The average molecular weight is 494 g/mol. The summed E-state index contributed by atoms with van der Waals surface area (Å²) in [6.07, 6.45) is -0.359. The number of amides is 1. The lowest BCUT2D eigenvalue weighted by Gasteiger charge is -2.41. The molecule has 2 aromatic rings. The molecule has 1 aromatic heterocycles. The Morgan fingerprint density at radius 2 is 2.00 bits per heavy atom. The molecule has 6 nitrogen and oxygen atoms in total. The third-order valence-corrected chi connectivity index (χ3v) is 5.80. The van der Waals surface area contributed by atoms with Gasteiger partial charge in [0.1, 0.15) is 16.9 Å². The van der Waals surface area contributed by atoms with Gasteiger partial charge in [0.05, 0.1) is 9.50 Å². The van der Waals surface area contributed by atoms with Gasteiger partial charge in [-0.05, 0) is 61.3 Å². The first-order chi connectivity index (χ1) is 13.0. The number of carbonyl (C=O) groups excluding carboxylic acids is 1. The number of carbonyl (C=O) groups is 1. The van der Waals surface area contributed by atoms with E-state index in [0.29, 0.717) is 30.8 Å². The second-order valence-corrected chi connectivity index (χ2v) is 9.21. The molecule has 1 saturated heterocycles. The molecule has 0 bridgehead atoms. The maximum atomic E-state index is 14.6. The number of anilines is 1. The van der Waals surface area contributed by atoms with Crippen molar-refractivity contribution in [1.29, 1.82) is 0 Å². The van der Waals surface area contributed by atoms with Crippen LogP contribution in [0.1, 0.15) is 27.7 Å². The summed E-state index contributed by atoms with van der Waals surface area (Å²) in [5.41, 5.74) is -0.469. The van der Waals surface area contributed by atoms with E-state index in [1.807, 2.05) is 32.6 Å². The first-order valence-electron chi connectivity index (χ1n) is 8.73. The first-order valence-corrected chi connectivity index (χ1v) is 10.3. The van der Waals surface area contributed by atoms with Crippen LogP contribution in [-0.4, -0.2) is 52.2 Å². The van der Waals surface area contributed by atoms with Gasteiger partial charge in [-0.15, -0.1) is 0 Å². The Hall–Kier alpha value is -1.38. The van der Waals surface area contributed by atoms with Gasteiger partial charge >= 0.3 is 6.09 Å². The van der Waals surface area contributed by atoms with Crippen molar-refractivity contribution in [3.63, 3.8) is 0 Å². The Morgan fingerprint density at radius 1 is 1.32 bits per heavy atom. The van der Waals surface area contributed by atoms with Gasteiger partial charge in [0.25, 0.3) is 0 Å². The van der Waals surface area contributed by atoms with Crippen molar-refractivity contribution in [2.45, 2.75) is 39.3 Å². The van der Waals surface area contributed by atoms with Gasteiger partial charge in [-0.3, -0.25) is 0 Å². The second-order valence-electron chi connectivity index (χ2n) is 7.67. The van der Waals surface area contributed by atoms with Crippen LogP contribution in [0.4, 0.5) is 15.0 Å². The van der Waals surface area contributed by atoms with Crippen LogP contribution in [0.25, 0.3) is 10.9 Å². The van der Waals surface area contributed by atoms with Crippen molar-refractivity contribution in [3.05, 3.63) is 26.7 Å². The van der Waals surface area contributed by atoms with Gasteiger partial charge < -0.3 is 14.5 Å². The van der Waals surface area contributed by atoms with Crippen molar-refractivity contribution in [2.75, 3.05) is 24.5 Å². The van der Waals surface area contributed by atoms with Crippen LogP contribution in [0, 0.1) is 5.82 Å². The van der Waals surface area contributed by atoms with E-state index < -0.39 is 11.4 Å². The molecule has 0 radical (unpaired) electrons. The van der Waals surface area contributed by atoms with Crippen molar-refractivity contribution in [2.24, 2.45) is 0 Å². The smallest absolute Gasteiger partial charge is 0.410 e. The van der Waals surface area contributed by atoms with E-state index in [4.69, 9.17) is 27.9 Å². The molecular weight excluding hydrogens is 474 g/mol. The first kappa shape index (κ1) is 21.3. The summed E-state index contributed by atoms with van der Waals surface area (Å²) in [4.78, 5) is 24.3. The molecular formula is C18H20BrCl2FN4O2. The summed E-state index contributed by atoms with van der Waals surface area (Å²) in [5, 5.41) is 0.627. The van der Waals surface area contributed by atoms with Crippen molar-refractivity contribution >= 4 is 61.9 Å². The van der Waals surface area contributed by atoms with E-state index in [1.54, 1.807) is 11.0 Å². The number of fused-ring (bicyclic) bond motifs is 1. The van der Waals surface area contributed by atoms with Crippen LogP contribution in [0.5, 0.6) is 0 Å². The van der Waals surface area contributed by atoms with E-state index >= 15 is 0 Å². The number of benzene rings is 1. The zero-order valence-electron chi connectivity index (χ0n) is 15.9. The third-order valence-electron chi connectivity index (χ3n) is 4.33. The van der Waals surface area contributed by atoms with E-state index in [0.717, 1.165) is 0 Å². The summed E-state index contributed by atoms with van der Waals surface area (Å²) in [6, 6.07) is 1.52. The van der Waals surface area contributed by atoms with E-state index in [-0.39, 0.29) is 32.4 Å². The molecule has 1 atom stereocenters. The lowest BCUT2D eigenvalue weighted by molar-refractivity contribution is 0.0218. The zero-order valence-corrected chi connectivity index (χ0v) is 19.0. The SMILES string of the molecule is C[C@H]1CN(C(=O)OC(C)(C)C)CCN1c1nc(Cl)nc2c(F)c(Br)c(Cl)cc12. The highest BCUT2D eigenvalue weighted by atomic mass is 79.9. The number of rotatable bonds is 1. The van der Waals surface area contributed by atoms with Gasteiger partial charge in [-0.2, -0.15) is 4.98 Å². The fourth-order valence-corrected chi connectivity index (χ4v) is 3.77. The molecule has 152 valence electrons. The lowest BCUT2D eigenvalue weighted by Crippen LogP contribution is -2.54. The highest BCUT2D eigenvalue weighted by Gasteiger charge is 2.32. The minimum atomic E-state index is -0.590. The van der Waals surface area contributed by atoms with Crippen LogP contribution in [-0.2, 0) is 4.74 Å². The number of aromatic nitrogens is 2. The van der Waals surface area contributed by atoms with Crippen molar-refractivity contribution < 1.29 is 13.9 Å². The van der Waals surface area contributed by atoms with E-state index in [1.165, 1.54) is 0 Å². The summed E-state index contributed by atoms with van der Waals surface area (Å²) >= 11 is 15.3. The molecule has 0 saturated carbocycles. The zero-order chi connectivity index (χ0) is 20.8. The third kappa shape index (κ3) is 4.28. The standard InChI is InChI=1S/C18H20BrCl2FN4O2/c1-9-8-25(17(27)28-18(2,3)4)5-6-26(9)15-10-7-11(20)12(19)13(22)14(10)23-16(21)24-15/h7,9H,5-6,8H2,1-4H3/t9-/m0/s1. The summed E-state index contributed by atoms with van der Waals surface area (Å²) in [6.45, 7) is 8.80. The Balaban J connectivity index is 1.93. The number of hydrogen-bond donors (Lipinski definition) is 0. The number of nitrogens with zero attached hydrogens (tertiary/aromatic N) is 4. The summed E-state index contributed by atoms with van der Waals surface area (Å²) in [7, 11) is 0. The molecule has 3 rings (SSSR count). The Labute approximate surface area is 181 Å². The van der Waals surface area contributed by atoms with Gasteiger partial charge in [0.2, 0.25) is 5.28 Å². The highest BCUT2D eigenvalue weighted by Crippen LogP contribution is 2.36. The number of halogens is 4. The maximum Gasteiger partial charge on any atom is 0.410 e. The fraction of sp³-hybridized carbons (Fsp3) is 0.500. The number of hydrogen-bond acceptors (Lipinski definition) is 5. The molecule has 1 aliphatic rings. The molecule has 28 heavy (non-hydrogen) atoms. The highest BCUT2D eigenvalue weighted by molar-refractivity contribution is 9.10. The fourth-order valence-electron chi connectivity index (χ4n) is 3.11. The maximum absolute atomic E-state index is 14.6. The molecule has 0 N–H and O–H groups in total. The molecule has 10 heteroatoms. The van der Waals surface area contributed by atoms with Crippen molar-refractivity contribution in [1.82, 2.24) is 14.9 Å². The van der Waals surface area contributed by atoms with Crippen molar-refractivity contribution in [3.8, 4) is 0 Å². The van der Waals surface area contributed by atoms with Gasteiger partial charge in [-0.25, -0.2) is 14.2 Å². The summed E-state index contributed by atoms with van der Waals surface area (Å²) in [5.74, 6) is -0.104. The number of ether oxygens (including phenoxy) is 1. The summed E-state index contributed by atoms with van der Waals surface area (Å²) < 4.78 is 20.2. The Kier molecular flexibility index (Phi) is 5.94. The molecule has 0 unspecified atom stereocenters. The molecule has 2 heterocycles. The predicted octanol–water partition coefficient (Wildman–Crippen LogP) is 5.28. The van der Waals surface area contributed by atoms with Crippen LogP contribution in [0.3, 0.4) is 0 Å². The molecule has 1 aromatic carbocycles. The predicted molar refractivity (Wildman–Crippen MR) is 112 cm³/mol. The van der Waals surface area contributed by atoms with Gasteiger partial charge in [-0.1, -0.05) is 11.6 Å². The molecule has 1 aliphatic heterocycles. The molecule has 1 amide bonds. The normalized spacial score (nSPS) is 17.9. The molecule has 1 fully saturated rings. The monoisotopic (exact) mass is 492 g/mol. The van der Waals surface area contributed by atoms with Gasteiger partial charge in [0.15, 0.2) is 5.82 Å². The minimum absolute atomic E-state index is 0.0580. The van der Waals surface area contributed by atoms with Crippen LogP contribution < -0.4 is 4.90 Å². The van der Waals surface area contributed by atoms with Crippen LogP contribution in [0.2, 0.25) is 10.3 Å².